The number of benzene rings is 2. The van der Waals surface area contributed by atoms with Crippen LogP contribution in [0.4, 0.5) is 0 Å². The van der Waals surface area contributed by atoms with Crippen molar-refractivity contribution >= 4 is 9.36 Å². The first-order chi connectivity index (χ1) is 16.2. The molecule has 0 heterocycles. The van der Waals surface area contributed by atoms with Crippen LogP contribution in [0.2, 0.25) is 0 Å². The van der Waals surface area contributed by atoms with Gasteiger partial charge in [-0.25, -0.2) is 0 Å². The summed E-state index contributed by atoms with van der Waals surface area (Å²) in [4.78, 5) is 0. The molecule has 0 nitrogen and oxygen atoms in total. The molecule has 0 saturated heterocycles. The van der Waals surface area contributed by atoms with E-state index in [1.54, 1.807) is 33.6 Å². The Kier molecular flexibility index (Phi) is 5.43. The second kappa shape index (κ2) is 8.48. The van der Waals surface area contributed by atoms with Crippen LogP contribution in [0.3, 0.4) is 0 Å². The summed E-state index contributed by atoms with van der Waals surface area (Å²) in [5.74, 6) is 5.53. The SMILES string of the molecule is [Zr][C]1=c2cccc(-c3ccccc3C3C4CC5CC(C4)CC3C5)c2=CC1=CC1CCCCC1. The molecule has 5 saturated carbocycles. The molecule has 0 aromatic heterocycles. The van der Waals surface area contributed by atoms with Gasteiger partial charge in [-0.2, -0.15) is 0 Å². The van der Waals surface area contributed by atoms with E-state index in [9.17, 15) is 0 Å². The molecule has 5 fully saturated rings. The predicted molar refractivity (Wildman–Crippen MR) is 133 cm³/mol. The van der Waals surface area contributed by atoms with Crippen LogP contribution in [0.5, 0.6) is 0 Å². The van der Waals surface area contributed by atoms with Gasteiger partial charge in [0.25, 0.3) is 0 Å². The standard InChI is InChI=1S/C32H35.Zr/c1-2-7-21(8-3-1)13-24-15-25-9-6-12-29(31(25)20-24)28-10-4-5-11-30(28)32-26-16-22-14-23(18-26)19-27(32)17-22;/h4-6,9-13,20-23,26-27,32H,1-3,7-8,14,16-19H2;. The normalized spacial score (nSPS) is 34.0. The maximum atomic E-state index is 2.64. The quantitative estimate of drug-likeness (QED) is 0.424. The molecule has 2 aromatic carbocycles. The van der Waals surface area contributed by atoms with Gasteiger partial charge in [-0.15, -0.1) is 0 Å². The van der Waals surface area contributed by atoms with Crippen LogP contribution in [0.25, 0.3) is 20.5 Å². The molecule has 0 N–H and O–H groups in total. The van der Waals surface area contributed by atoms with Crippen molar-refractivity contribution in [2.45, 2.75) is 70.1 Å². The third-order valence-corrected chi connectivity index (χ3v) is 11.2. The first-order valence-electron chi connectivity index (χ1n) is 13.6. The Balaban J connectivity index is 1.32. The van der Waals surface area contributed by atoms with Gasteiger partial charge in [0, 0.05) is 0 Å². The predicted octanol–water partition coefficient (Wildman–Crippen LogP) is 6.85. The summed E-state index contributed by atoms with van der Waals surface area (Å²) in [6.07, 6.45) is 19.7. The first kappa shape index (κ1) is 21.1. The monoisotopic (exact) mass is 509 g/mol. The van der Waals surface area contributed by atoms with Crippen LogP contribution in [-0.4, -0.2) is 0 Å². The van der Waals surface area contributed by atoms with Gasteiger partial charge < -0.3 is 0 Å². The zero-order valence-corrected chi connectivity index (χ0v) is 22.2. The van der Waals surface area contributed by atoms with E-state index in [0.717, 1.165) is 35.5 Å². The van der Waals surface area contributed by atoms with Gasteiger partial charge in [-0.05, 0) is 0 Å². The fraction of sp³-hybridized carbons (Fsp3) is 0.500. The zero-order chi connectivity index (χ0) is 21.9. The molecule has 0 atom stereocenters. The summed E-state index contributed by atoms with van der Waals surface area (Å²) in [6.45, 7) is 0. The van der Waals surface area contributed by atoms with Gasteiger partial charge in [0.15, 0.2) is 0 Å². The summed E-state index contributed by atoms with van der Waals surface area (Å²) < 4.78 is 1.58. The summed E-state index contributed by atoms with van der Waals surface area (Å²) in [5, 5.41) is 3.01. The second-order valence-corrected chi connectivity index (χ2v) is 13.1. The Morgan fingerprint density at radius 1 is 0.727 bits per heavy atom. The molecule has 2 aromatic rings. The first-order valence-corrected chi connectivity index (χ1v) is 14.9. The number of allylic oxidation sites excluding steroid dienone is 2. The van der Waals surface area contributed by atoms with Gasteiger partial charge >= 0.3 is 215 Å². The summed E-state index contributed by atoms with van der Waals surface area (Å²) >= 11 is 1.56. The molecular formula is C32H35Zr. The summed E-state index contributed by atoms with van der Waals surface area (Å²) in [7, 11) is 0. The molecule has 167 valence electrons. The third kappa shape index (κ3) is 3.64. The minimum absolute atomic E-state index is 0.790. The van der Waals surface area contributed by atoms with Crippen molar-refractivity contribution in [2.24, 2.45) is 29.6 Å². The van der Waals surface area contributed by atoms with Crippen molar-refractivity contribution in [1.29, 1.82) is 0 Å². The Bertz CT molecular complexity index is 1200. The van der Waals surface area contributed by atoms with Gasteiger partial charge in [0.1, 0.15) is 0 Å². The molecule has 1 heteroatoms. The molecule has 33 heavy (non-hydrogen) atoms. The molecular weight excluding hydrogens is 476 g/mol. The van der Waals surface area contributed by atoms with Crippen LogP contribution < -0.4 is 10.4 Å². The Morgan fingerprint density at radius 2 is 1.42 bits per heavy atom. The number of fused-ring (bicyclic) bond motifs is 1. The molecule has 8 rings (SSSR count). The van der Waals surface area contributed by atoms with E-state index in [2.05, 4.69) is 54.6 Å². The average Bonchev–Trinajstić information content (AvgIpc) is 3.15. The van der Waals surface area contributed by atoms with Crippen LogP contribution in [0.1, 0.15) is 75.7 Å². The minimum atomic E-state index is 0.790. The Labute approximate surface area is 214 Å². The summed E-state index contributed by atoms with van der Waals surface area (Å²) in [6, 6.07) is 16.7. The zero-order valence-electron chi connectivity index (χ0n) is 19.7. The maximum absolute atomic E-state index is 2.64. The van der Waals surface area contributed by atoms with Crippen molar-refractivity contribution in [1.82, 2.24) is 0 Å². The van der Waals surface area contributed by atoms with Gasteiger partial charge in [0.05, 0.1) is 0 Å². The van der Waals surface area contributed by atoms with E-state index in [1.165, 1.54) is 91.3 Å². The van der Waals surface area contributed by atoms with E-state index in [4.69, 9.17) is 0 Å². The van der Waals surface area contributed by atoms with E-state index in [0.29, 0.717) is 0 Å². The van der Waals surface area contributed by atoms with Gasteiger partial charge in [-0.1, -0.05) is 0 Å². The molecule has 6 aliphatic rings. The van der Waals surface area contributed by atoms with Crippen molar-refractivity contribution < 1.29 is 24.7 Å². The molecule has 0 unspecified atom stereocenters. The van der Waals surface area contributed by atoms with Crippen LogP contribution in [0, 0.1) is 29.6 Å². The second-order valence-electron chi connectivity index (χ2n) is 11.9. The Hall–Kier alpha value is -1.20. The van der Waals surface area contributed by atoms with Crippen molar-refractivity contribution in [3.8, 4) is 11.1 Å². The molecule has 6 aliphatic carbocycles. The van der Waals surface area contributed by atoms with Crippen molar-refractivity contribution in [3.05, 3.63) is 70.1 Å². The molecule has 0 radical (unpaired) electrons. The summed E-state index contributed by atoms with van der Waals surface area (Å²) in [5.41, 5.74) is 6.23. The van der Waals surface area contributed by atoms with E-state index >= 15 is 0 Å². The molecule has 0 spiro atoms. The molecule has 0 aliphatic heterocycles. The van der Waals surface area contributed by atoms with E-state index < -0.39 is 0 Å². The molecule has 4 bridgehead atoms. The number of hydrogen-bond donors (Lipinski definition) is 0. The van der Waals surface area contributed by atoms with Crippen molar-refractivity contribution in [2.75, 3.05) is 0 Å². The third-order valence-electron chi connectivity index (χ3n) is 9.87. The van der Waals surface area contributed by atoms with E-state index in [-0.39, 0.29) is 0 Å². The van der Waals surface area contributed by atoms with Crippen LogP contribution in [-0.2, 0) is 24.7 Å². The fourth-order valence-electron chi connectivity index (χ4n) is 8.71. The van der Waals surface area contributed by atoms with Gasteiger partial charge in [-0.3, -0.25) is 0 Å². The van der Waals surface area contributed by atoms with Crippen LogP contribution in [0.15, 0.2) is 54.1 Å². The van der Waals surface area contributed by atoms with Crippen molar-refractivity contribution in [3.63, 3.8) is 0 Å². The average molecular weight is 511 g/mol. The van der Waals surface area contributed by atoms with Gasteiger partial charge in [0.2, 0.25) is 0 Å². The topological polar surface area (TPSA) is 0 Å². The Morgan fingerprint density at radius 3 is 2.18 bits per heavy atom. The number of hydrogen-bond acceptors (Lipinski definition) is 0. The number of rotatable bonds is 3. The van der Waals surface area contributed by atoms with E-state index in [1.807, 2.05) is 0 Å². The fourth-order valence-corrected chi connectivity index (χ4v) is 9.63. The van der Waals surface area contributed by atoms with Crippen LogP contribution >= 0.6 is 0 Å². The molecule has 0 amide bonds.